The number of hydrogen-bond donors (Lipinski definition) is 0. The van der Waals surface area contributed by atoms with E-state index in [1.54, 1.807) is 0 Å². The van der Waals surface area contributed by atoms with Crippen molar-refractivity contribution >= 4 is 21.6 Å². The lowest BCUT2D eigenvalue weighted by Gasteiger charge is -2.26. The normalized spacial score (nSPS) is 15.8. The maximum absolute atomic E-state index is 12.5. The van der Waals surface area contributed by atoms with Crippen molar-refractivity contribution in [1.29, 1.82) is 0 Å². The first kappa shape index (κ1) is 18.8. The first-order chi connectivity index (χ1) is 11.4. The van der Waals surface area contributed by atoms with Crippen molar-refractivity contribution in [3.63, 3.8) is 0 Å². The molecule has 0 unspecified atom stereocenters. The van der Waals surface area contributed by atoms with Gasteiger partial charge in [0.1, 0.15) is 0 Å². The summed E-state index contributed by atoms with van der Waals surface area (Å²) in [5.74, 6) is 0.0551. The SMILES string of the molecule is CCc1ccccc1N(CCC(=O)N1CCCCCC1)S(C)(=O)=O. The maximum Gasteiger partial charge on any atom is 0.232 e. The molecule has 6 heteroatoms. The zero-order valence-corrected chi connectivity index (χ0v) is 15.5. The number of sulfonamides is 1. The van der Waals surface area contributed by atoms with E-state index < -0.39 is 10.0 Å². The largest absolute Gasteiger partial charge is 0.343 e. The van der Waals surface area contributed by atoms with Crippen LogP contribution in [0.25, 0.3) is 0 Å². The van der Waals surface area contributed by atoms with E-state index in [1.807, 2.05) is 36.1 Å². The fraction of sp³-hybridized carbons (Fsp3) is 0.611. The smallest absolute Gasteiger partial charge is 0.232 e. The van der Waals surface area contributed by atoms with Gasteiger partial charge >= 0.3 is 0 Å². The molecular formula is C18H28N2O3S. The number of carbonyl (C=O) groups excluding carboxylic acids is 1. The lowest BCUT2D eigenvalue weighted by atomic mass is 10.1. The van der Waals surface area contributed by atoms with Gasteiger partial charge in [-0.1, -0.05) is 38.0 Å². The van der Waals surface area contributed by atoms with Crippen LogP contribution in [0.2, 0.25) is 0 Å². The molecule has 0 bridgehead atoms. The Morgan fingerprint density at radius 2 is 1.75 bits per heavy atom. The second-order valence-electron chi connectivity index (χ2n) is 6.36. The Morgan fingerprint density at radius 3 is 2.33 bits per heavy atom. The number of benzene rings is 1. The molecule has 1 amide bonds. The summed E-state index contributed by atoms with van der Waals surface area (Å²) in [5, 5.41) is 0. The minimum atomic E-state index is -3.42. The van der Waals surface area contributed by atoms with E-state index in [0.717, 1.165) is 37.9 Å². The molecule has 0 saturated carbocycles. The molecule has 1 saturated heterocycles. The molecule has 0 aliphatic carbocycles. The van der Waals surface area contributed by atoms with E-state index in [1.165, 1.54) is 23.4 Å². The van der Waals surface area contributed by atoms with Crippen LogP contribution in [0.5, 0.6) is 0 Å². The Labute approximate surface area is 145 Å². The lowest BCUT2D eigenvalue weighted by molar-refractivity contribution is -0.130. The number of likely N-dealkylation sites (tertiary alicyclic amines) is 1. The molecule has 1 aliphatic heterocycles. The highest BCUT2D eigenvalue weighted by Crippen LogP contribution is 2.24. The second kappa shape index (κ2) is 8.51. The summed E-state index contributed by atoms with van der Waals surface area (Å²) >= 11 is 0. The summed E-state index contributed by atoms with van der Waals surface area (Å²) in [5.41, 5.74) is 1.66. The van der Waals surface area contributed by atoms with Gasteiger partial charge in [-0.15, -0.1) is 0 Å². The highest BCUT2D eigenvalue weighted by Gasteiger charge is 2.22. The first-order valence-corrected chi connectivity index (χ1v) is 10.6. The number of nitrogens with zero attached hydrogens (tertiary/aromatic N) is 2. The van der Waals surface area contributed by atoms with E-state index in [0.29, 0.717) is 5.69 Å². The van der Waals surface area contributed by atoms with Crippen LogP contribution in [0.4, 0.5) is 5.69 Å². The molecule has 2 rings (SSSR count). The molecule has 134 valence electrons. The summed E-state index contributed by atoms with van der Waals surface area (Å²) in [6, 6.07) is 7.49. The van der Waals surface area contributed by atoms with E-state index in [2.05, 4.69) is 0 Å². The van der Waals surface area contributed by atoms with Gasteiger partial charge in [-0.2, -0.15) is 0 Å². The van der Waals surface area contributed by atoms with Gasteiger partial charge in [0.25, 0.3) is 0 Å². The van der Waals surface area contributed by atoms with Crippen molar-refractivity contribution in [1.82, 2.24) is 4.90 Å². The number of anilines is 1. The molecule has 1 fully saturated rings. The van der Waals surface area contributed by atoms with Crippen LogP contribution >= 0.6 is 0 Å². The summed E-state index contributed by atoms with van der Waals surface area (Å²) in [6.07, 6.45) is 6.61. The summed E-state index contributed by atoms with van der Waals surface area (Å²) in [6.45, 7) is 3.79. The minimum absolute atomic E-state index is 0.0551. The Kier molecular flexibility index (Phi) is 6.66. The highest BCUT2D eigenvalue weighted by molar-refractivity contribution is 7.92. The number of hydrogen-bond acceptors (Lipinski definition) is 3. The molecule has 0 aromatic heterocycles. The van der Waals surface area contributed by atoms with E-state index in [4.69, 9.17) is 0 Å². The monoisotopic (exact) mass is 352 g/mol. The van der Waals surface area contributed by atoms with E-state index in [-0.39, 0.29) is 18.9 Å². The molecule has 24 heavy (non-hydrogen) atoms. The third-order valence-corrected chi connectivity index (χ3v) is 5.71. The van der Waals surface area contributed by atoms with Crippen LogP contribution < -0.4 is 4.31 Å². The second-order valence-corrected chi connectivity index (χ2v) is 8.27. The van der Waals surface area contributed by atoms with Crippen LogP contribution in [0.15, 0.2) is 24.3 Å². The molecular weight excluding hydrogens is 324 g/mol. The highest BCUT2D eigenvalue weighted by atomic mass is 32.2. The van der Waals surface area contributed by atoms with Crippen molar-refractivity contribution in [2.75, 3.05) is 30.2 Å². The number of amides is 1. The summed E-state index contributed by atoms with van der Waals surface area (Å²) in [7, 11) is -3.42. The Bertz CT molecular complexity index is 650. The van der Waals surface area contributed by atoms with Crippen LogP contribution in [-0.4, -0.2) is 45.1 Å². The number of carbonyl (C=O) groups is 1. The van der Waals surface area contributed by atoms with Gasteiger partial charge in [-0.05, 0) is 30.9 Å². The molecule has 1 aromatic carbocycles. The van der Waals surface area contributed by atoms with Crippen molar-refractivity contribution in [2.45, 2.75) is 45.4 Å². The third kappa shape index (κ3) is 4.97. The molecule has 1 aromatic rings. The Hall–Kier alpha value is -1.56. The predicted octanol–water partition coefficient (Wildman–Crippen LogP) is 2.81. The zero-order chi connectivity index (χ0) is 17.6. The number of aryl methyl sites for hydroxylation is 1. The summed E-state index contributed by atoms with van der Waals surface area (Å²) in [4.78, 5) is 14.4. The number of rotatable bonds is 6. The molecule has 1 aliphatic rings. The molecule has 0 spiro atoms. The first-order valence-electron chi connectivity index (χ1n) is 8.77. The van der Waals surface area contributed by atoms with Gasteiger partial charge in [0.05, 0.1) is 11.9 Å². The number of para-hydroxylation sites is 1. The van der Waals surface area contributed by atoms with Crippen molar-refractivity contribution in [2.24, 2.45) is 0 Å². The van der Waals surface area contributed by atoms with Crippen molar-refractivity contribution in [3.05, 3.63) is 29.8 Å². The molecule has 0 N–H and O–H groups in total. The molecule has 5 nitrogen and oxygen atoms in total. The van der Waals surface area contributed by atoms with Crippen molar-refractivity contribution < 1.29 is 13.2 Å². The van der Waals surface area contributed by atoms with Crippen LogP contribution in [-0.2, 0) is 21.2 Å². The quantitative estimate of drug-likeness (QED) is 0.791. The average Bonchev–Trinajstić information content (AvgIpc) is 2.83. The fourth-order valence-corrected chi connectivity index (χ4v) is 4.15. The zero-order valence-electron chi connectivity index (χ0n) is 14.7. The van der Waals surface area contributed by atoms with Crippen LogP contribution in [0, 0.1) is 0 Å². The van der Waals surface area contributed by atoms with Crippen LogP contribution in [0.3, 0.4) is 0 Å². The third-order valence-electron chi connectivity index (χ3n) is 4.53. The van der Waals surface area contributed by atoms with Gasteiger partial charge in [0.2, 0.25) is 15.9 Å². The van der Waals surface area contributed by atoms with Crippen molar-refractivity contribution in [3.8, 4) is 0 Å². The minimum Gasteiger partial charge on any atom is -0.343 e. The van der Waals surface area contributed by atoms with Gasteiger partial charge in [-0.3, -0.25) is 9.10 Å². The topological polar surface area (TPSA) is 57.7 Å². The van der Waals surface area contributed by atoms with Crippen LogP contribution in [0.1, 0.15) is 44.6 Å². The Balaban J connectivity index is 2.11. The van der Waals surface area contributed by atoms with Gasteiger partial charge in [-0.25, -0.2) is 8.42 Å². The van der Waals surface area contributed by atoms with Gasteiger partial charge in [0, 0.05) is 26.1 Å². The van der Waals surface area contributed by atoms with Gasteiger partial charge in [0.15, 0.2) is 0 Å². The average molecular weight is 353 g/mol. The summed E-state index contributed by atoms with van der Waals surface area (Å²) < 4.78 is 25.9. The Morgan fingerprint density at radius 1 is 1.12 bits per heavy atom. The molecule has 0 radical (unpaired) electrons. The van der Waals surface area contributed by atoms with E-state index in [9.17, 15) is 13.2 Å². The van der Waals surface area contributed by atoms with E-state index >= 15 is 0 Å². The lowest BCUT2D eigenvalue weighted by Crippen LogP contribution is -2.37. The fourth-order valence-electron chi connectivity index (χ4n) is 3.19. The van der Waals surface area contributed by atoms with Gasteiger partial charge < -0.3 is 4.90 Å². The maximum atomic E-state index is 12.5. The predicted molar refractivity (Wildman–Crippen MR) is 97.7 cm³/mol. The standard InChI is InChI=1S/C18H28N2O3S/c1-3-16-10-6-7-11-17(16)20(24(2,22)23)15-12-18(21)19-13-8-4-5-9-14-19/h6-7,10-11H,3-5,8-9,12-15H2,1-2H3. The molecule has 0 atom stereocenters. The molecule has 1 heterocycles.